The zero-order valence-corrected chi connectivity index (χ0v) is 10.2. The van der Waals surface area contributed by atoms with E-state index in [0.29, 0.717) is 19.6 Å². The lowest BCUT2D eigenvalue weighted by molar-refractivity contribution is -0.147. The molecule has 94 valence electrons. The maximum atomic E-state index is 11.2. The summed E-state index contributed by atoms with van der Waals surface area (Å²) in [6, 6.07) is 0. The molecule has 5 heteroatoms. The van der Waals surface area contributed by atoms with Crippen LogP contribution in [0.4, 0.5) is 0 Å². The number of nitrogens with one attached hydrogen (secondary N) is 1. The number of carboxylic acid groups (broad SMARTS) is 1. The Morgan fingerprint density at radius 2 is 2.00 bits per heavy atom. The highest BCUT2D eigenvalue weighted by Gasteiger charge is 2.26. The molecule has 0 heterocycles. The van der Waals surface area contributed by atoms with Crippen LogP contribution in [0.5, 0.6) is 0 Å². The Kier molecular flexibility index (Phi) is 6.72. The van der Waals surface area contributed by atoms with Gasteiger partial charge in [0.1, 0.15) is 6.61 Å². The molecule has 0 atom stereocenters. The van der Waals surface area contributed by atoms with E-state index >= 15 is 0 Å². The molecule has 0 unspecified atom stereocenters. The van der Waals surface area contributed by atoms with Crippen LogP contribution in [0.1, 0.15) is 33.6 Å². The van der Waals surface area contributed by atoms with Gasteiger partial charge in [0.05, 0.1) is 5.41 Å². The largest absolute Gasteiger partial charge is 0.481 e. The molecule has 0 aliphatic carbocycles. The average Bonchev–Trinajstić information content (AvgIpc) is 2.17. The standard InChI is InChI=1S/C11H21NO4/c1-4-7-16-8-9(13)12-6-5-11(2,3)10(14)15/h4-8H2,1-3H3,(H,12,13)(H,14,15). The van der Waals surface area contributed by atoms with E-state index in [9.17, 15) is 9.59 Å². The van der Waals surface area contributed by atoms with Crippen molar-refractivity contribution in [2.45, 2.75) is 33.6 Å². The van der Waals surface area contributed by atoms with Crippen LogP contribution >= 0.6 is 0 Å². The van der Waals surface area contributed by atoms with Crippen LogP contribution in [0.2, 0.25) is 0 Å². The van der Waals surface area contributed by atoms with E-state index in [2.05, 4.69) is 5.32 Å². The summed E-state index contributed by atoms with van der Waals surface area (Å²) in [5.41, 5.74) is -0.808. The summed E-state index contributed by atoms with van der Waals surface area (Å²) < 4.78 is 5.05. The second kappa shape index (κ2) is 7.22. The summed E-state index contributed by atoms with van der Waals surface area (Å²) in [6.45, 7) is 6.19. The number of carbonyl (C=O) groups excluding carboxylic acids is 1. The van der Waals surface area contributed by atoms with Gasteiger partial charge in [-0.2, -0.15) is 0 Å². The lowest BCUT2D eigenvalue weighted by atomic mass is 9.90. The lowest BCUT2D eigenvalue weighted by Crippen LogP contribution is -2.33. The van der Waals surface area contributed by atoms with Gasteiger partial charge >= 0.3 is 5.97 Å². The van der Waals surface area contributed by atoms with E-state index in [4.69, 9.17) is 9.84 Å². The summed E-state index contributed by atoms with van der Waals surface area (Å²) in [5.74, 6) is -1.06. The Balaban J connectivity index is 3.65. The van der Waals surface area contributed by atoms with Crippen molar-refractivity contribution >= 4 is 11.9 Å². The number of hydrogen-bond donors (Lipinski definition) is 2. The predicted molar refractivity (Wildman–Crippen MR) is 60.2 cm³/mol. The molecule has 0 saturated heterocycles. The Labute approximate surface area is 96.2 Å². The van der Waals surface area contributed by atoms with Crippen molar-refractivity contribution in [3.05, 3.63) is 0 Å². The smallest absolute Gasteiger partial charge is 0.309 e. The van der Waals surface area contributed by atoms with Crippen LogP contribution in [-0.2, 0) is 14.3 Å². The van der Waals surface area contributed by atoms with Gasteiger partial charge in [0.2, 0.25) is 5.91 Å². The minimum Gasteiger partial charge on any atom is -0.481 e. The number of rotatable bonds is 8. The number of ether oxygens (including phenoxy) is 1. The molecule has 16 heavy (non-hydrogen) atoms. The number of amides is 1. The molecule has 0 aromatic heterocycles. The van der Waals surface area contributed by atoms with Gasteiger partial charge in [-0.15, -0.1) is 0 Å². The van der Waals surface area contributed by atoms with Crippen LogP contribution in [0.25, 0.3) is 0 Å². The monoisotopic (exact) mass is 231 g/mol. The minimum absolute atomic E-state index is 0.0430. The maximum absolute atomic E-state index is 11.2. The number of carboxylic acids is 1. The highest BCUT2D eigenvalue weighted by atomic mass is 16.5. The molecule has 0 bridgehead atoms. The van der Waals surface area contributed by atoms with Crippen molar-refractivity contribution in [1.82, 2.24) is 5.32 Å². The van der Waals surface area contributed by atoms with Crippen molar-refractivity contribution in [3.63, 3.8) is 0 Å². The quantitative estimate of drug-likeness (QED) is 0.612. The van der Waals surface area contributed by atoms with Gasteiger partial charge in [0, 0.05) is 13.2 Å². The first-order valence-electron chi connectivity index (χ1n) is 5.48. The zero-order chi connectivity index (χ0) is 12.6. The Hall–Kier alpha value is -1.10. The van der Waals surface area contributed by atoms with Gasteiger partial charge in [0.15, 0.2) is 0 Å². The summed E-state index contributed by atoms with van der Waals surface area (Å²) in [6.07, 6.45) is 1.28. The third kappa shape index (κ3) is 6.40. The normalized spacial score (nSPS) is 11.2. The second-order valence-corrected chi connectivity index (χ2v) is 4.34. The lowest BCUT2D eigenvalue weighted by Gasteiger charge is -2.18. The zero-order valence-electron chi connectivity index (χ0n) is 10.2. The Morgan fingerprint density at radius 1 is 1.38 bits per heavy atom. The molecule has 0 fully saturated rings. The van der Waals surface area contributed by atoms with Crippen molar-refractivity contribution < 1.29 is 19.4 Å². The number of carbonyl (C=O) groups is 2. The summed E-state index contributed by atoms with van der Waals surface area (Å²) in [4.78, 5) is 22.0. The van der Waals surface area contributed by atoms with E-state index in [1.807, 2.05) is 6.92 Å². The molecule has 0 aromatic rings. The third-order valence-corrected chi connectivity index (χ3v) is 2.23. The summed E-state index contributed by atoms with van der Waals surface area (Å²) in [5, 5.41) is 11.5. The van der Waals surface area contributed by atoms with E-state index in [1.54, 1.807) is 13.8 Å². The molecule has 0 spiro atoms. The molecular weight excluding hydrogens is 210 g/mol. The fourth-order valence-corrected chi connectivity index (χ4v) is 0.982. The SMILES string of the molecule is CCCOCC(=O)NCCC(C)(C)C(=O)O. The van der Waals surface area contributed by atoms with Crippen LogP contribution in [0.15, 0.2) is 0 Å². The first-order valence-corrected chi connectivity index (χ1v) is 5.48. The summed E-state index contributed by atoms with van der Waals surface area (Å²) in [7, 11) is 0. The minimum atomic E-state index is -0.857. The number of hydrogen-bond acceptors (Lipinski definition) is 3. The molecular formula is C11H21NO4. The summed E-state index contributed by atoms with van der Waals surface area (Å²) >= 11 is 0. The van der Waals surface area contributed by atoms with Crippen LogP contribution in [0, 0.1) is 5.41 Å². The maximum Gasteiger partial charge on any atom is 0.309 e. The van der Waals surface area contributed by atoms with Gasteiger partial charge in [-0.1, -0.05) is 6.92 Å². The fourth-order valence-electron chi connectivity index (χ4n) is 0.982. The first kappa shape index (κ1) is 14.9. The van der Waals surface area contributed by atoms with Crippen molar-refractivity contribution in [1.29, 1.82) is 0 Å². The van der Waals surface area contributed by atoms with E-state index < -0.39 is 11.4 Å². The molecule has 0 aliphatic rings. The van der Waals surface area contributed by atoms with E-state index in [-0.39, 0.29) is 12.5 Å². The van der Waals surface area contributed by atoms with Crippen LogP contribution in [0.3, 0.4) is 0 Å². The molecule has 0 radical (unpaired) electrons. The topological polar surface area (TPSA) is 75.6 Å². The first-order chi connectivity index (χ1) is 7.40. The molecule has 5 nitrogen and oxygen atoms in total. The Bertz CT molecular complexity index is 238. The van der Waals surface area contributed by atoms with Gasteiger partial charge < -0.3 is 15.2 Å². The van der Waals surface area contributed by atoms with Gasteiger partial charge in [0.25, 0.3) is 0 Å². The molecule has 2 N–H and O–H groups in total. The Morgan fingerprint density at radius 3 is 2.50 bits per heavy atom. The fraction of sp³-hybridized carbons (Fsp3) is 0.818. The molecule has 0 aromatic carbocycles. The van der Waals surface area contributed by atoms with Crippen LogP contribution in [-0.4, -0.2) is 36.7 Å². The van der Waals surface area contributed by atoms with E-state index in [1.165, 1.54) is 0 Å². The average molecular weight is 231 g/mol. The molecule has 0 saturated carbocycles. The molecule has 1 amide bonds. The number of aliphatic carboxylic acids is 1. The molecule has 0 aliphatic heterocycles. The molecule has 0 rings (SSSR count). The second-order valence-electron chi connectivity index (χ2n) is 4.34. The van der Waals surface area contributed by atoms with Crippen molar-refractivity contribution in [2.75, 3.05) is 19.8 Å². The van der Waals surface area contributed by atoms with Crippen molar-refractivity contribution in [3.8, 4) is 0 Å². The highest BCUT2D eigenvalue weighted by molar-refractivity contribution is 5.77. The predicted octanol–water partition coefficient (Wildman–Crippen LogP) is 1.03. The van der Waals surface area contributed by atoms with Gasteiger partial charge in [-0.25, -0.2) is 0 Å². The third-order valence-electron chi connectivity index (χ3n) is 2.23. The van der Waals surface area contributed by atoms with Crippen LogP contribution < -0.4 is 5.32 Å². The van der Waals surface area contributed by atoms with Gasteiger partial charge in [-0.05, 0) is 26.7 Å². The van der Waals surface area contributed by atoms with Crippen molar-refractivity contribution in [2.24, 2.45) is 5.41 Å². The highest BCUT2D eigenvalue weighted by Crippen LogP contribution is 2.19. The van der Waals surface area contributed by atoms with Gasteiger partial charge in [-0.3, -0.25) is 9.59 Å². The van der Waals surface area contributed by atoms with E-state index in [0.717, 1.165) is 6.42 Å².